The van der Waals surface area contributed by atoms with Gasteiger partial charge in [0.15, 0.2) is 0 Å². The van der Waals surface area contributed by atoms with E-state index in [0.717, 1.165) is 23.9 Å². The number of hydrogen-bond donors (Lipinski definition) is 2. The molecule has 0 radical (unpaired) electrons. The van der Waals surface area contributed by atoms with Gasteiger partial charge in [0.25, 0.3) is 0 Å². The highest BCUT2D eigenvalue weighted by Crippen LogP contribution is 2.32. The summed E-state index contributed by atoms with van der Waals surface area (Å²) in [6.45, 7) is 7.23. The van der Waals surface area contributed by atoms with Crippen LogP contribution in [0.1, 0.15) is 37.7 Å². The maximum Gasteiger partial charge on any atom is 0.208 e. The normalized spacial score (nSPS) is 14.2. The fraction of sp³-hybridized carbons (Fsp3) is 0.467. The van der Waals surface area contributed by atoms with E-state index in [1.54, 1.807) is 11.8 Å². The highest BCUT2D eigenvalue weighted by molar-refractivity contribution is 7.99. The monoisotopic (exact) mass is 290 g/mol. The molecule has 0 aliphatic heterocycles. The van der Waals surface area contributed by atoms with Crippen LogP contribution in [0.25, 0.3) is 0 Å². The molecule has 0 aliphatic carbocycles. The first-order valence-electron chi connectivity index (χ1n) is 7.08. The molecule has 2 atom stereocenters. The van der Waals surface area contributed by atoms with Gasteiger partial charge in [-0.05, 0) is 25.5 Å². The Morgan fingerprint density at radius 1 is 1.25 bits per heavy atom. The van der Waals surface area contributed by atoms with E-state index in [9.17, 15) is 0 Å². The van der Waals surface area contributed by atoms with E-state index in [1.807, 2.05) is 6.92 Å². The second kappa shape index (κ2) is 7.45. The lowest BCUT2D eigenvalue weighted by Gasteiger charge is -2.26. The Morgan fingerprint density at radius 2 is 2.00 bits per heavy atom. The Hall–Kier alpha value is -1.33. The lowest BCUT2D eigenvalue weighted by molar-refractivity contribution is 0.521. The van der Waals surface area contributed by atoms with Crippen LogP contribution in [-0.2, 0) is 0 Å². The van der Waals surface area contributed by atoms with Crippen LogP contribution in [0, 0.1) is 6.92 Å². The standard InChI is InChI=1S/C15H22N4S/c1-4-13(20-15-17-11(3)18-19-15)14(16-5-2)12-9-7-6-8-10-12/h6-10,13-14,16H,4-5H2,1-3H3,(H,17,18,19). The lowest BCUT2D eigenvalue weighted by Crippen LogP contribution is -2.29. The van der Waals surface area contributed by atoms with Crippen LogP contribution in [-0.4, -0.2) is 27.0 Å². The van der Waals surface area contributed by atoms with Crippen molar-refractivity contribution in [1.82, 2.24) is 20.5 Å². The van der Waals surface area contributed by atoms with Gasteiger partial charge in [0, 0.05) is 11.3 Å². The minimum absolute atomic E-state index is 0.315. The number of benzene rings is 1. The van der Waals surface area contributed by atoms with Gasteiger partial charge in [-0.1, -0.05) is 55.9 Å². The van der Waals surface area contributed by atoms with Crippen LogP contribution in [0.2, 0.25) is 0 Å². The summed E-state index contributed by atoms with van der Waals surface area (Å²) >= 11 is 1.74. The maximum atomic E-state index is 4.40. The van der Waals surface area contributed by atoms with E-state index in [4.69, 9.17) is 0 Å². The van der Waals surface area contributed by atoms with Crippen molar-refractivity contribution in [2.24, 2.45) is 0 Å². The molecule has 1 aromatic carbocycles. The van der Waals surface area contributed by atoms with Crippen molar-refractivity contribution < 1.29 is 0 Å². The molecule has 0 saturated carbocycles. The zero-order chi connectivity index (χ0) is 14.4. The zero-order valence-electron chi connectivity index (χ0n) is 12.3. The molecule has 1 aromatic heterocycles. The summed E-state index contributed by atoms with van der Waals surface area (Å²) in [5, 5.41) is 12.0. The first-order chi connectivity index (χ1) is 9.74. The smallest absolute Gasteiger partial charge is 0.208 e. The van der Waals surface area contributed by atoms with Gasteiger partial charge in [0.1, 0.15) is 5.82 Å². The van der Waals surface area contributed by atoms with Crippen molar-refractivity contribution in [3.05, 3.63) is 41.7 Å². The SMILES string of the molecule is CCNC(c1ccccc1)C(CC)Sc1n[nH]c(C)n1. The number of aryl methyl sites for hydroxylation is 1. The lowest BCUT2D eigenvalue weighted by atomic mass is 10.0. The van der Waals surface area contributed by atoms with E-state index in [1.165, 1.54) is 5.56 Å². The Balaban J connectivity index is 2.17. The molecule has 20 heavy (non-hydrogen) atoms. The predicted molar refractivity (Wildman–Crippen MR) is 83.9 cm³/mol. The summed E-state index contributed by atoms with van der Waals surface area (Å²) in [5.41, 5.74) is 1.32. The second-order valence-electron chi connectivity index (χ2n) is 4.71. The second-order valence-corrected chi connectivity index (χ2v) is 5.92. The van der Waals surface area contributed by atoms with Crippen molar-refractivity contribution >= 4 is 11.8 Å². The van der Waals surface area contributed by atoms with Crippen molar-refractivity contribution in [2.45, 2.75) is 43.6 Å². The zero-order valence-corrected chi connectivity index (χ0v) is 13.1. The average Bonchev–Trinajstić information content (AvgIpc) is 2.89. The van der Waals surface area contributed by atoms with Crippen molar-refractivity contribution in [2.75, 3.05) is 6.54 Å². The van der Waals surface area contributed by atoms with Crippen LogP contribution in [0.15, 0.2) is 35.5 Å². The summed E-state index contributed by atoms with van der Waals surface area (Å²) in [4.78, 5) is 4.40. The number of hydrogen-bond acceptors (Lipinski definition) is 4. The Bertz CT molecular complexity index is 512. The number of aromatic amines is 1. The topological polar surface area (TPSA) is 53.6 Å². The Morgan fingerprint density at radius 3 is 2.55 bits per heavy atom. The van der Waals surface area contributed by atoms with Crippen molar-refractivity contribution in [1.29, 1.82) is 0 Å². The Labute approximate surface area is 124 Å². The maximum absolute atomic E-state index is 4.40. The average molecular weight is 290 g/mol. The number of nitrogens with zero attached hydrogens (tertiary/aromatic N) is 2. The highest BCUT2D eigenvalue weighted by Gasteiger charge is 2.23. The van der Waals surface area contributed by atoms with Crippen molar-refractivity contribution in [3.63, 3.8) is 0 Å². The van der Waals surface area contributed by atoms with Crippen LogP contribution in [0.5, 0.6) is 0 Å². The molecule has 0 fully saturated rings. The van der Waals surface area contributed by atoms with Gasteiger partial charge < -0.3 is 5.32 Å². The molecule has 0 saturated heterocycles. The number of thioether (sulfide) groups is 1. The van der Waals surface area contributed by atoms with Crippen LogP contribution < -0.4 is 5.32 Å². The fourth-order valence-corrected chi connectivity index (χ4v) is 3.36. The third-order valence-corrected chi connectivity index (χ3v) is 4.49. The van der Waals surface area contributed by atoms with E-state index in [2.05, 4.69) is 64.7 Å². The van der Waals surface area contributed by atoms with Gasteiger partial charge in [0.05, 0.1) is 0 Å². The van der Waals surface area contributed by atoms with Gasteiger partial charge in [-0.3, -0.25) is 5.10 Å². The highest BCUT2D eigenvalue weighted by atomic mass is 32.2. The third kappa shape index (κ3) is 3.84. The molecule has 2 aromatic rings. The number of H-pyrrole nitrogens is 1. The number of nitrogens with one attached hydrogen (secondary N) is 2. The predicted octanol–water partition coefficient (Wildman–Crippen LogP) is 3.33. The molecule has 2 N–H and O–H groups in total. The quantitative estimate of drug-likeness (QED) is 0.768. The summed E-state index contributed by atoms with van der Waals surface area (Å²) in [6, 6.07) is 10.9. The van der Waals surface area contributed by atoms with Gasteiger partial charge in [-0.15, -0.1) is 5.10 Å². The molecular weight excluding hydrogens is 268 g/mol. The molecule has 0 spiro atoms. The minimum Gasteiger partial charge on any atom is -0.309 e. The van der Waals surface area contributed by atoms with Gasteiger partial charge in [-0.2, -0.15) is 0 Å². The van der Waals surface area contributed by atoms with E-state index in [-0.39, 0.29) is 0 Å². The molecule has 2 unspecified atom stereocenters. The first kappa shape index (κ1) is 15.1. The molecule has 0 bridgehead atoms. The fourth-order valence-electron chi connectivity index (χ4n) is 2.24. The van der Waals surface area contributed by atoms with Crippen LogP contribution in [0.4, 0.5) is 0 Å². The number of aromatic nitrogens is 3. The molecule has 4 nitrogen and oxygen atoms in total. The molecule has 1 heterocycles. The molecule has 108 valence electrons. The summed E-state index contributed by atoms with van der Waals surface area (Å²) in [7, 11) is 0. The molecule has 2 rings (SSSR count). The van der Waals surface area contributed by atoms with Crippen LogP contribution >= 0.6 is 11.8 Å². The van der Waals surface area contributed by atoms with Crippen LogP contribution in [0.3, 0.4) is 0 Å². The number of rotatable bonds is 7. The third-order valence-electron chi connectivity index (χ3n) is 3.19. The molecule has 0 amide bonds. The molecule has 0 aliphatic rings. The largest absolute Gasteiger partial charge is 0.309 e. The molecular formula is C15H22N4S. The van der Waals surface area contributed by atoms with Gasteiger partial charge >= 0.3 is 0 Å². The first-order valence-corrected chi connectivity index (χ1v) is 7.96. The minimum atomic E-state index is 0.315. The summed E-state index contributed by atoms with van der Waals surface area (Å²) in [6.07, 6.45) is 1.06. The van der Waals surface area contributed by atoms with E-state index in [0.29, 0.717) is 11.3 Å². The van der Waals surface area contributed by atoms with E-state index < -0.39 is 0 Å². The Kier molecular flexibility index (Phi) is 5.61. The summed E-state index contributed by atoms with van der Waals surface area (Å²) in [5.74, 6) is 0.863. The van der Waals surface area contributed by atoms with E-state index >= 15 is 0 Å². The van der Waals surface area contributed by atoms with Gasteiger partial charge in [-0.25, -0.2) is 4.98 Å². The summed E-state index contributed by atoms with van der Waals surface area (Å²) < 4.78 is 0. The van der Waals surface area contributed by atoms with Crippen molar-refractivity contribution in [3.8, 4) is 0 Å². The van der Waals surface area contributed by atoms with Gasteiger partial charge in [0.2, 0.25) is 5.16 Å². The molecule has 5 heteroatoms.